The van der Waals surface area contributed by atoms with Crippen molar-refractivity contribution in [3.05, 3.63) is 36.9 Å². The van der Waals surface area contributed by atoms with E-state index in [0.29, 0.717) is 6.67 Å². The predicted molar refractivity (Wildman–Crippen MR) is 45.7 cm³/mol. The summed E-state index contributed by atoms with van der Waals surface area (Å²) in [5, 5.41) is 8.09. The number of hydrogen-bond acceptors (Lipinski definition) is 2. The van der Waals surface area contributed by atoms with E-state index in [1.54, 1.807) is 12.4 Å². The van der Waals surface area contributed by atoms with E-state index in [-0.39, 0.29) is 0 Å². The first-order valence-electron chi connectivity index (χ1n) is 4.11. The van der Waals surface area contributed by atoms with E-state index in [0.717, 1.165) is 26.1 Å². The monoisotopic (exact) mass is 365 g/mol. The van der Waals surface area contributed by atoms with Crippen LogP contribution in [0.5, 0.6) is 0 Å². The normalized spacial score (nSPS) is 9.15. The van der Waals surface area contributed by atoms with E-state index in [4.69, 9.17) is 0 Å². The van der Waals surface area contributed by atoms with Crippen LogP contribution in [0.3, 0.4) is 0 Å². The molecule has 0 aromatic carbocycles. The van der Waals surface area contributed by atoms with Crippen molar-refractivity contribution in [3.8, 4) is 0 Å². The Labute approximate surface area is 93.5 Å². The molecule has 0 aliphatic carbocycles. The first-order chi connectivity index (χ1) is 6.45. The van der Waals surface area contributed by atoms with E-state index in [1.165, 1.54) is 0 Å². The van der Waals surface area contributed by atoms with Gasteiger partial charge in [-0.3, -0.25) is 9.36 Å². The Morgan fingerprint density at radius 3 is 1.77 bits per heavy atom. The molecule has 0 atom stereocenters. The molecule has 0 amide bonds. The molecule has 2 heterocycles. The fourth-order valence-corrected chi connectivity index (χ4v) is 0.917. The van der Waals surface area contributed by atoms with E-state index < -0.39 is 0 Å². The van der Waals surface area contributed by atoms with Crippen molar-refractivity contribution in [2.45, 2.75) is 11.1 Å². The van der Waals surface area contributed by atoms with Crippen LogP contribution < -0.4 is 0 Å². The Morgan fingerprint density at radius 1 is 1.00 bits per heavy atom. The summed E-state index contributed by atoms with van der Waals surface area (Å²) in [6.07, 6.45) is 7.32. The Balaban J connectivity index is 0.000000396. The molecule has 2 aromatic rings. The molecule has 0 saturated carbocycles. The SMILES string of the molecule is [CH3][Hg+].c1cnn(Cn2cccn2)c1. The number of nitrogens with zero attached hydrogens (tertiary/aromatic N) is 4. The molecule has 0 fully saturated rings. The van der Waals surface area contributed by atoms with Gasteiger partial charge in [-0.05, 0) is 12.1 Å². The molecule has 0 bridgehead atoms. The Morgan fingerprint density at radius 2 is 1.46 bits per heavy atom. The molecule has 0 unspecified atom stereocenters. The van der Waals surface area contributed by atoms with E-state index in [1.807, 2.05) is 33.9 Å². The summed E-state index contributed by atoms with van der Waals surface area (Å²) in [4.78, 5) is 0. The summed E-state index contributed by atoms with van der Waals surface area (Å²) in [7, 11) is 0. The largest absolute Gasteiger partial charge is 0.251 e. The van der Waals surface area contributed by atoms with Crippen LogP contribution in [0.25, 0.3) is 0 Å². The van der Waals surface area contributed by atoms with Gasteiger partial charge < -0.3 is 0 Å². The Hall–Kier alpha value is -0.645. The molecular weight excluding hydrogens is 353 g/mol. The topological polar surface area (TPSA) is 35.6 Å². The van der Waals surface area contributed by atoms with Gasteiger partial charge in [0, 0.05) is 24.8 Å². The predicted octanol–water partition coefficient (Wildman–Crippen LogP) is 1.17. The molecule has 0 radical (unpaired) electrons. The van der Waals surface area contributed by atoms with Gasteiger partial charge in [0.05, 0.1) is 0 Å². The van der Waals surface area contributed by atoms with Crippen molar-refractivity contribution in [2.75, 3.05) is 0 Å². The number of rotatable bonds is 2. The van der Waals surface area contributed by atoms with Gasteiger partial charge in [-0.2, -0.15) is 10.2 Å². The fraction of sp³-hybridized carbons (Fsp3) is 0.250. The maximum Gasteiger partial charge on any atom is 0.133 e. The van der Waals surface area contributed by atoms with Crippen LogP contribution in [-0.4, -0.2) is 19.6 Å². The second-order valence-electron chi connectivity index (χ2n) is 2.23. The van der Waals surface area contributed by atoms with Gasteiger partial charge in [0.1, 0.15) is 6.67 Å². The van der Waals surface area contributed by atoms with E-state index >= 15 is 0 Å². The molecule has 64 valence electrons. The maximum atomic E-state index is 4.05. The van der Waals surface area contributed by atoms with Crippen molar-refractivity contribution in [1.29, 1.82) is 0 Å². The third kappa shape index (κ3) is 3.30. The quantitative estimate of drug-likeness (QED) is 0.751. The van der Waals surface area contributed by atoms with Gasteiger partial charge in [0.15, 0.2) is 0 Å². The minimum Gasteiger partial charge on any atom is -0.251 e. The van der Waals surface area contributed by atoms with Gasteiger partial charge in [-0.1, -0.05) is 0 Å². The summed E-state index contributed by atoms with van der Waals surface area (Å²) in [5.74, 6) is 0. The summed E-state index contributed by atoms with van der Waals surface area (Å²) >= 11 is 1.03. The first kappa shape index (κ1) is 10.4. The van der Waals surface area contributed by atoms with Crippen molar-refractivity contribution >= 4 is 0 Å². The second kappa shape index (κ2) is 5.91. The minimum absolute atomic E-state index is 0.681. The summed E-state index contributed by atoms with van der Waals surface area (Å²) in [6, 6.07) is 3.78. The average Bonchev–Trinajstić information content (AvgIpc) is 2.81. The zero-order chi connectivity index (χ0) is 9.52. The summed E-state index contributed by atoms with van der Waals surface area (Å²) in [6.45, 7) is 0.681. The molecule has 13 heavy (non-hydrogen) atoms. The third-order valence-electron chi connectivity index (χ3n) is 1.41. The molecule has 0 aliphatic rings. The molecule has 0 saturated heterocycles. The van der Waals surface area contributed by atoms with Crippen LogP contribution in [0.4, 0.5) is 0 Å². The van der Waals surface area contributed by atoms with Gasteiger partial charge >= 0.3 is 30.6 Å². The first-order valence-corrected chi connectivity index (χ1v) is 9.60. The van der Waals surface area contributed by atoms with Crippen molar-refractivity contribution in [1.82, 2.24) is 19.6 Å². The van der Waals surface area contributed by atoms with Gasteiger partial charge in [0.2, 0.25) is 0 Å². The third-order valence-corrected chi connectivity index (χ3v) is 1.41. The standard InChI is InChI=1S/C7H8N4.CH3.Hg/c1-3-8-10(5-1)7-11-6-2-4-9-11;;/h1-6H,7H2;1H3;/q;;+1. The van der Waals surface area contributed by atoms with Crippen LogP contribution >= 0.6 is 0 Å². The Bertz CT molecular complexity index is 269. The molecule has 5 heteroatoms. The Kier molecular flexibility index (Phi) is 4.74. The van der Waals surface area contributed by atoms with Crippen LogP contribution in [0.1, 0.15) is 0 Å². The molecule has 0 spiro atoms. The van der Waals surface area contributed by atoms with Gasteiger partial charge in [-0.15, -0.1) is 0 Å². The molecule has 4 nitrogen and oxygen atoms in total. The fourth-order valence-electron chi connectivity index (χ4n) is 0.917. The molecular formula is C8H11HgN4+. The smallest absolute Gasteiger partial charge is 0.133 e. The number of hydrogen-bond donors (Lipinski definition) is 0. The van der Waals surface area contributed by atoms with Crippen LogP contribution in [-0.2, 0) is 32.8 Å². The summed E-state index contributed by atoms with van der Waals surface area (Å²) < 4.78 is 5.82. The molecule has 2 rings (SSSR count). The summed E-state index contributed by atoms with van der Waals surface area (Å²) in [5.41, 5.74) is 0. The van der Waals surface area contributed by atoms with Crippen molar-refractivity contribution in [2.24, 2.45) is 0 Å². The molecule has 0 N–H and O–H groups in total. The van der Waals surface area contributed by atoms with E-state index in [2.05, 4.69) is 14.6 Å². The van der Waals surface area contributed by atoms with Crippen LogP contribution in [0, 0.1) is 0 Å². The average molecular weight is 364 g/mol. The zero-order valence-electron chi connectivity index (χ0n) is 7.67. The van der Waals surface area contributed by atoms with E-state index in [9.17, 15) is 0 Å². The second-order valence-corrected chi connectivity index (χ2v) is 2.23. The maximum absolute atomic E-state index is 4.05. The van der Waals surface area contributed by atoms with Gasteiger partial charge in [0.25, 0.3) is 0 Å². The number of aromatic nitrogens is 4. The van der Waals surface area contributed by atoms with Crippen LogP contribution in [0.2, 0.25) is 4.43 Å². The van der Waals surface area contributed by atoms with Crippen molar-refractivity contribution in [3.63, 3.8) is 0 Å². The minimum atomic E-state index is 0.681. The van der Waals surface area contributed by atoms with Crippen LogP contribution in [0.15, 0.2) is 36.9 Å². The molecule has 0 aliphatic heterocycles. The van der Waals surface area contributed by atoms with Gasteiger partial charge in [-0.25, -0.2) is 0 Å². The molecule has 2 aromatic heterocycles. The zero-order valence-corrected chi connectivity index (χ0v) is 13.2. The van der Waals surface area contributed by atoms with Crippen molar-refractivity contribution < 1.29 is 26.1 Å².